The van der Waals surface area contributed by atoms with Crippen molar-refractivity contribution in [3.63, 3.8) is 0 Å². The van der Waals surface area contributed by atoms with Crippen LogP contribution in [0.2, 0.25) is 0 Å². The highest BCUT2D eigenvalue weighted by Gasteiger charge is 2.35. The zero-order valence-electron chi connectivity index (χ0n) is 28.9. The van der Waals surface area contributed by atoms with E-state index in [1.54, 1.807) is 22.9 Å². The number of quaternary nitrogens is 1. The number of carbonyl (C=O) groups is 1. The summed E-state index contributed by atoms with van der Waals surface area (Å²) in [4.78, 5) is 15.8. The number of sulfonamides is 1. The summed E-state index contributed by atoms with van der Waals surface area (Å²) >= 11 is 0.964. The molecule has 0 bridgehead atoms. The Balaban J connectivity index is 1.66. The van der Waals surface area contributed by atoms with Gasteiger partial charge in [-0.1, -0.05) is 31.7 Å². The van der Waals surface area contributed by atoms with E-state index in [-0.39, 0.29) is 17.9 Å². The second-order valence-corrected chi connectivity index (χ2v) is 16.3. The summed E-state index contributed by atoms with van der Waals surface area (Å²) in [6, 6.07) is 9.94. The molecule has 0 radical (unpaired) electrons. The quantitative estimate of drug-likeness (QED) is 0.0833. The summed E-state index contributed by atoms with van der Waals surface area (Å²) in [5.41, 5.74) is 0.530. The van der Waals surface area contributed by atoms with Crippen LogP contribution in [0.25, 0.3) is 5.69 Å². The van der Waals surface area contributed by atoms with Gasteiger partial charge in [-0.05, 0) is 66.9 Å². The molecule has 0 aliphatic carbocycles. The van der Waals surface area contributed by atoms with Gasteiger partial charge in [0.1, 0.15) is 23.5 Å². The van der Waals surface area contributed by atoms with Crippen LogP contribution in [0, 0.1) is 23.3 Å². The molecule has 1 N–H and O–H groups in total. The average molecular weight is 738 g/mol. The number of thioether (sulfide) groups is 1. The molecule has 270 valence electrons. The third kappa shape index (κ3) is 8.50. The number of methoxy groups -OCH3 is 1. The minimum Gasteiger partial charge on any atom is -0.494 e. The van der Waals surface area contributed by atoms with Crippen LogP contribution in [0.1, 0.15) is 43.5 Å². The summed E-state index contributed by atoms with van der Waals surface area (Å²) in [7, 11) is 3.60. The Hall–Kier alpha value is -3.92. The standard InChI is InChI=1S/C35H40F4N4O5S2/c1-35(2,22-10-15-27(37)31(17-22)48-7)32-20-40-34(42(32)24-13-11-23(36)12-14-24)49-21-26-28(38)18-25(19-29(26)39)50(46,47)41(3)30(33(44)45)9-8-16-43(4,5)6/h10-15,17-20,30H,8-9,16,21H2,1-7H3/p+1. The van der Waals surface area contributed by atoms with Crippen LogP contribution in [0.15, 0.2) is 70.8 Å². The Labute approximate surface area is 294 Å². The van der Waals surface area contributed by atoms with Gasteiger partial charge in [0.25, 0.3) is 0 Å². The maximum Gasteiger partial charge on any atom is 0.322 e. The molecule has 50 heavy (non-hydrogen) atoms. The number of likely N-dealkylation sites (N-methyl/N-ethyl adjacent to an activating group) is 1. The smallest absolute Gasteiger partial charge is 0.322 e. The molecule has 0 fully saturated rings. The van der Waals surface area contributed by atoms with E-state index in [9.17, 15) is 27.1 Å². The molecule has 4 rings (SSSR count). The molecule has 9 nitrogen and oxygen atoms in total. The third-order valence-corrected chi connectivity index (χ3v) is 11.3. The normalized spacial score (nSPS) is 13.1. The number of nitrogens with zero attached hydrogens (tertiary/aromatic N) is 4. The monoisotopic (exact) mass is 737 g/mol. The molecule has 3 aromatic carbocycles. The van der Waals surface area contributed by atoms with Gasteiger partial charge in [0.2, 0.25) is 10.0 Å². The van der Waals surface area contributed by atoms with Gasteiger partial charge in [-0.2, -0.15) is 4.31 Å². The number of aliphatic carboxylic acids is 1. The van der Waals surface area contributed by atoms with E-state index in [1.165, 1.54) is 37.4 Å². The highest BCUT2D eigenvalue weighted by Crippen LogP contribution is 2.39. The lowest BCUT2D eigenvalue weighted by atomic mass is 9.81. The van der Waals surface area contributed by atoms with Crippen molar-refractivity contribution < 1.29 is 45.1 Å². The zero-order chi connectivity index (χ0) is 37.2. The molecule has 0 aliphatic rings. The highest BCUT2D eigenvalue weighted by molar-refractivity contribution is 7.98. The van der Waals surface area contributed by atoms with Gasteiger partial charge in [-0.15, -0.1) is 0 Å². The molecule has 0 spiro atoms. The number of carboxylic acids is 1. The van der Waals surface area contributed by atoms with E-state index in [4.69, 9.17) is 4.74 Å². The zero-order valence-corrected chi connectivity index (χ0v) is 30.5. The molecule has 1 heterocycles. The Morgan fingerprint density at radius 3 is 2.20 bits per heavy atom. The van der Waals surface area contributed by atoms with E-state index < -0.39 is 61.2 Å². The van der Waals surface area contributed by atoms with E-state index in [1.807, 2.05) is 35.0 Å². The van der Waals surface area contributed by atoms with Gasteiger partial charge < -0.3 is 14.3 Å². The van der Waals surface area contributed by atoms with E-state index in [2.05, 4.69) is 4.98 Å². The molecule has 0 aliphatic heterocycles. The van der Waals surface area contributed by atoms with Crippen molar-refractivity contribution in [3.8, 4) is 11.4 Å². The number of carboxylic acid groups (broad SMARTS) is 1. The van der Waals surface area contributed by atoms with Crippen LogP contribution in [-0.2, 0) is 26.0 Å². The van der Waals surface area contributed by atoms with E-state index in [0.717, 1.165) is 18.8 Å². The summed E-state index contributed by atoms with van der Waals surface area (Å²) in [5.74, 6) is -4.93. The first-order valence-corrected chi connectivity index (χ1v) is 18.0. The Kier molecular flexibility index (Phi) is 11.8. The van der Waals surface area contributed by atoms with Crippen molar-refractivity contribution in [2.45, 2.75) is 54.0 Å². The van der Waals surface area contributed by atoms with Crippen LogP contribution in [0.3, 0.4) is 0 Å². The fourth-order valence-corrected chi connectivity index (χ4v) is 7.85. The lowest BCUT2D eigenvalue weighted by Crippen LogP contribution is -2.43. The summed E-state index contributed by atoms with van der Waals surface area (Å²) < 4.78 is 94.0. The van der Waals surface area contributed by atoms with Gasteiger partial charge in [0, 0.05) is 29.5 Å². The van der Waals surface area contributed by atoms with Crippen molar-refractivity contribution in [3.05, 3.63) is 101 Å². The van der Waals surface area contributed by atoms with Crippen molar-refractivity contribution in [1.29, 1.82) is 0 Å². The first-order chi connectivity index (χ1) is 23.3. The number of hydrogen-bond acceptors (Lipinski definition) is 6. The molecule has 15 heteroatoms. The third-order valence-electron chi connectivity index (χ3n) is 8.50. The second kappa shape index (κ2) is 15.1. The predicted molar refractivity (Wildman–Crippen MR) is 183 cm³/mol. The second-order valence-electron chi connectivity index (χ2n) is 13.4. The number of rotatable bonds is 15. The fourth-order valence-electron chi connectivity index (χ4n) is 5.47. The fraction of sp³-hybridized carbons (Fsp3) is 0.371. The van der Waals surface area contributed by atoms with Crippen molar-refractivity contribution >= 4 is 27.8 Å². The topological polar surface area (TPSA) is 102 Å². The van der Waals surface area contributed by atoms with Gasteiger partial charge in [0.15, 0.2) is 16.7 Å². The molecule has 1 atom stereocenters. The minimum atomic E-state index is -4.59. The van der Waals surface area contributed by atoms with Crippen molar-refractivity contribution in [1.82, 2.24) is 13.9 Å². The Morgan fingerprint density at radius 1 is 1.02 bits per heavy atom. The number of halogens is 4. The molecular formula is C35H41F4N4O5S2+. The van der Waals surface area contributed by atoms with Crippen LogP contribution >= 0.6 is 11.8 Å². The van der Waals surface area contributed by atoms with Crippen LogP contribution in [-0.4, -0.2) is 85.7 Å². The summed E-state index contributed by atoms with van der Waals surface area (Å²) in [6.45, 7) is 4.34. The SMILES string of the molecule is COc1cc(C(C)(C)c2cnc(SCc3c(F)cc(S(=O)(=O)N(C)C(CCC[N+](C)(C)C)C(=O)O)cc3F)n2-c2ccc(F)cc2)ccc1F. The molecule has 0 amide bonds. The minimum absolute atomic E-state index is 0.00840. The molecule has 1 aromatic heterocycles. The number of imidazole rings is 1. The molecule has 0 saturated heterocycles. The van der Waals surface area contributed by atoms with E-state index >= 15 is 8.78 Å². The van der Waals surface area contributed by atoms with Gasteiger partial charge in [-0.25, -0.2) is 31.0 Å². The lowest BCUT2D eigenvalue weighted by Gasteiger charge is -2.28. The molecule has 0 saturated carbocycles. The predicted octanol–water partition coefficient (Wildman–Crippen LogP) is 6.62. The molecular weight excluding hydrogens is 697 g/mol. The van der Waals surface area contributed by atoms with Crippen molar-refractivity contribution in [2.24, 2.45) is 0 Å². The number of benzene rings is 3. The Morgan fingerprint density at radius 2 is 1.64 bits per heavy atom. The van der Waals surface area contributed by atoms with E-state index in [0.29, 0.717) is 56.0 Å². The largest absolute Gasteiger partial charge is 0.494 e. The van der Waals surface area contributed by atoms with Crippen LogP contribution in [0.5, 0.6) is 5.75 Å². The van der Waals surface area contributed by atoms with Gasteiger partial charge >= 0.3 is 5.97 Å². The van der Waals surface area contributed by atoms with Crippen molar-refractivity contribution in [2.75, 3.05) is 41.8 Å². The molecule has 4 aromatic rings. The number of hydrogen-bond donors (Lipinski definition) is 1. The highest BCUT2D eigenvalue weighted by atomic mass is 32.2. The lowest BCUT2D eigenvalue weighted by molar-refractivity contribution is -0.870. The first-order valence-electron chi connectivity index (χ1n) is 15.6. The first kappa shape index (κ1) is 38.9. The van der Waals surface area contributed by atoms with Gasteiger partial charge in [-0.3, -0.25) is 9.36 Å². The van der Waals surface area contributed by atoms with Crippen LogP contribution in [0.4, 0.5) is 17.6 Å². The molecule has 1 unspecified atom stereocenters. The van der Waals surface area contributed by atoms with Crippen LogP contribution < -0.4 is 4.74 Å². The Bertz CT molecular complexity index is 1940. The number of aromatic nitrogens is 2. The summed E-state index contributed by atoms with van der Waals surface area (Å²) in [6.07, 6.45) is 1.98. The maximum atomic E-state index is 15.5. The summed E-state index contributed by atoms with van der Waals surface area (Å²) in [5, 5.41) is 10.1. The number of ether oxygens (including phenoxy) is 1. The average Bonchev–Trinajstić information content (AvgIpc) is 3.47. The maximum absolute atomic E-state index is 15.5. The van der Waals surface area contributed by atoms with Gasteiger partial charge in [0.05, 0.1) is 51.6 Å².